The first kappa shape index (κ1) is 17.9. The number of nitrogens with one attached hydrogen (secondary N) is 1. The first-order chi connectivity index (χ1) is 12.4. The molecular weight excluding hydrogens is 356 g/mol. The number of hydrogen-bond acceptors (Lipinski definition) is 4. The number of carbonyl (C=O) groups excluding carboxylic acids is 3. The highest BCUT2D eigenvalue weighted by molar-refractivity contribution is 6.30. The summed E-state index contributed by atoms with van der Waals surface area (Å²) in [4.78, 5) is 37.8. The summed E-state index contributed by atoms with van der Waals surface area (Å²) in [5.41, 5.74) is 0.163. The molecule has 3 rings (SSSR count). The fourth-order valence-electron chi connectivity index (χ4n) is 2.77. The van der Waals surface area contributed by atoms with Crippen molar-refractivity contribution in [3.63, 3.8) is 0 Å². The normalized spacial score (nSPS) is 19.4. The van der Waals surface area contributed by atoms with E-state index in [2.05, 4.69) is 5.32 Å². The molecule has 1 saturated heterocycles. The lowest BCUT2D eigenvalue weighted by atomic mass is 9.92. The van der Waals surface area contributed by atoms with E-state index in [1.807, 2.05) is 6.07 Å². The summed E-state index contributed by atoms with van der Waals surface area (Å²) >= 11 is 5.88. The Morgan fingerprint density at radius 3 is 2.58 bits per heavy atom. The highest BCUT2D eigenvalue weighted by atomic mass is 35.5. The molecule has 1 atom stereocenters. The van der Waals surface area contributed by atoms with E-state index < -0.39 is 30.0 Å². The summed E-state index contributed by atoms with van der Waals surface area (Å²) in [6.07, 6.45) is 0. The minimum Gasteiger partial charge on any atom is -0.459 e. The van der Waals surface area contributed by atoms with E-state index in [0.29, 0.717) is 10.6 Å². The minimum atomic E-state index is -1.20. The molecule has 0 saturated carbocycles. The zero-order valence-corrected chi connectivity index (χ0v) is 14.8. The maximum Gasteiger partial charge on any atom is 0.326 e. The second-order valence-electron chi connectivity index (χ2n) is 6.10. The number of benzene rings is 2. The molecule has 0 radical (unpaired) electrons. The molecule has 26 heavy (non-hydrogen) atoms. The monoisotopic (exact) mass is 372 g/mol. The smallest absolute Gasteiger partial charge is 0.326 e. The number of halogens is 1. The van der Waals surface area contributed by atoms with Gasteiger partial charge in [0, 0.05) is 5.02 Å². The summed E-state index contributed by atoms with van der Waals surface area (Å²) in [7, 11) is 0. The van der Waals surface area contributed by atoms with Gasteiger partial charge in [-0.25, -0.2) is 4.79 Å². The molecule has 7 heteroatoms. The summed E-state index contributed by atoms with van der Waals surface area (Å²) < 4.78 is 5.14. The Morgan fingerprint density at radius 2 is 1.88 bits per heavy atom. The van der Waals surface area contributed by atoms with E-state index in [9.17, 15) is 14.4 Å². The first-order valence-electron chi connectivity index (χ1n) is 8.00. The molecule has 2 aromatic rings. The summed E-state index contributed by atoms with van der Waals surface area (Å²) in [6, 6.07) is 15.1. The fraction of sp³-hybridized carbons (Fsp3) is 0.211. The predicted molar refractivity (Wildman–Crippen MR) is 95.3 cm³/mol. The van der Waals surface area contributed by atoms with Crippen LogP contribution < -0.4 is 5.32 Å². The fourth-order valence-corrected chi connectivity index (χ4v) is 2.99. The van der Waals surface area contributed by atoms with Crippen LogP contribution in [0.2, 0.25) is 5.02 Å². The van der Waals surface area contributed by atoms with Gasteiger partial charge in [0.15, 0.2) is 0 Å². The molecule has 0 bridgehead atoms. The Bertz CT molecular complexity index is 856. The standard InChI is InChI=1S/C19H17ClN2O4/c1-19(14-7-3-2-4-8-14)17(24)22(18(25)21-19)11-16(23)26-12-13-6-5-9-15(20)10-13/h2-10H,11-12H2,1H3,(H,21,25)/t19-/m0/s1. The maximum atomic E-state index is 12.7. The Labute approximate surface area is 155 Å². The third-order valence-electron chi connectivity index (χ3n) is 4.20. The van der Waals surface area contributed by atoms with Crippen molar-refractivity contribution < 1.29 is 19.1 Å². The number of amides is 3. The SMILES string of the molecule is C[C@@]1(c2ccccc2)NC(=O)N(CC(=O)OCc2cccc(Cl)c2)C1=O. The van der Waals surface area contributed by atoms with Gasteiger partial charge in [-0.05, 0) is 30.2 Å². The van der Waals surface area contributed by atoms with Crippen LogP contribution in [0.25, 0.3) is 0 Å². The van der Waals surface area contributed by atoms with Crippen LogP contribution in [0.5, 0.6) is 0 Å². The second kappa shape index (κ2) is 7.17. The summed E-state index contributed by atoms with van der Waals surface area (Å²) in [5.74, 6) is -1.17. The van der Waals surface area contributed by atoms with Crippen LogP contribution in [0.4, 0.5) is 4.79 Å². The number of ether oxygens (including phenoxy) is 1. The zero-order valence-electron chi connectivity index (χ0n) is 14.1. The second-order valence-corrected chi connectivity index (χ2v) is 6.54. The Kier molecular flexibility index (Phi) is 4.95. The van der Waals surface area contributed by atoms with Crippen LogP contribution in [0.3, 0.4) is 0 Å². The molecule has 1 aliphatic rings. The van der Waals surface area contributed by atoms with Crippen LogP contribution in [0, 0.1) is 0 Å². The van der Waals surface area contributed by atoms with Gasteiger partial charge in [-0.2, -0.15) is 0 Å². The van der Waals surface area contributed by atoms with E-state index in [-0.39, 0.29) is 6.61 Å². The third-order valence-corrected chi connectivity index (χ3v) is 4.44. The Hall–Kier alpha value is -2.86. The molecular formula is C19H17ClN2O4. The molecule has 134 valence electrons. The Balaban J connectivity index is 1.65. The van der Waals surface area contributed by atoms with E-state index in [1.54, 1.807) is 55.5 Å². The van der Waals surface area contributed by atoms with Crippen LogP contribution in [0.15, 0.2) is 54.6 Å². The van der Waals surface area contributed by atoms with Crippen LogP contribution in [-0.4, -0.2) is 29.4 Å². The molecule has 6 nitrogen and oxygen atoms in total. The van der Waals surface area contributed by atoms with Gasteiger partial charge in [0.1, 0.15) is 18.7 Å². The number of urea groups is 1. The minimum absolute atomic E-state index is 0.0129. The quantitative estimate of drug-likeness (QED) is 0.646. The van der Waals surface area contributed by atoms with E-state index in [0.717, 1.165) is 10.5 Å². The van der Waals surface area contributed by atoms with Gasteiger partial charge in [-0.1, -0.05) is 54.1 Å². The van der Waals surface area contributed by atoms with Crippen molar-refractivity contribution in [1.82, 2.24) is 10.2 Å². The average Bonchev–Trinajstić information content (AvgIpc) is 2.85. The zero-order chi connectivity index (χ0) is 18.7. The lowest BCUT2D eigenvalue weighted by Gasteiger charge is -2.21. The number of nitrogens with zero attached hydrogens (tertiary/aromatic N) is 1. The van der Waals surface area contributed by atoms with Gasteiger partial charge >= 0.3 is 12.0 Å². The van der Waals surface area contributed by atoms with Gasteiger partial charge in [0.25, 0.3) is 5.91 Å². The molecule has 1 heterocycles. The molecule has 0 spiro atoms. The molecule has 1 N–H and O–H groups in total. The summed E-state index contributed by atoms with van der Waals surface area (Å²) in [5, 5.41) is 3.18. The number of carbonyl (C=O) groups is 3. The van der Waals surface area contributed by atoms with Crippen molar-refractivity contribution >= 4 is 29.5 Å². The van der Waals surface area contributed by atoms with Gasteiger partial charge in [-0.3, -0.25) is 14.5 Å². The largest absolute Gasteiger partial charge is 0.459 e. The van der Waals surface area contributed by atoms with Crippen molar-refractivity contribution in [3.8, 4) is 0 Å². The molecule has 0 unspecified atom stereocenters. The predicted octanol–water partition coefficient (Wildman–Crippen LogP) is 2.85. The highest BCUT2D eigenvalue weighted by Crippen LogP contribution is 2.28. The topological polar surface area (TPSA) is 75.7 Å². The molecule has 0 aliphatic carbocycles. The molecule has 2 aromatic carbocycles. The van der Waals surface area contributed by atoms with Crippen molar-refractivity contribution in [2.75, 3.05) is 6.54 Å². The van der Waals surface area contributed by atoms with Crippen LogP contribution >= 0.6 is 11.6 Å². The average molecular weight is 373 g/mol. The number of hydrogen-bond donors (Lipinski definition) is 1. The van der Waals surface area contributed by atoms with E-state index >= 15 is 0 Å². The van der Waals surface area contributed by atoms with Gasteiger partial charge in [0.2, 0.25) is 0 Å². The van der Waals surface area contributed by atoms with E-state index in [4.69, 9.17) is 16.3 Å². The van der Waals surface area contributed by atoms with Gasteiger partial charge in [-0.15, -0.1) is 0 Å². The highest BCUT2D eigenvalue weighted by Gasteiger charge is 2.49. The van der Waals surface area contributed by atoms with Gasteiger partial charge in [0.05, 0.1) is 0 Å². The van der Waals surface area contributed by atoms with Crippen molar-refractivity contribution in [2.45, 2.75) is 19.1 Å². The van der Waals surface area contributed by atoms with E-state index in [1.165, 1.54) is 0 Å². The molecule has 1 aliphatic heterocycles. The van der Waals surface area contributed by atoms with Gasteiger partial charge < -0.3 is 10.1 Å². The van der Waals surface area contributed by atoms with Crippen molar-refractivity contribution in [1.29, 1.82) is 0 Å². The Morgan fingerprint density at radius 1 is 1.15 bits per heavy atom. The number of imide groups is 1. The van der Waals surface area contributed by atoms with Crippen molar-refractivity contribution in [3.05, 3.63) is 70.7 Å². The number of esters is 1. The lowest BCUT2D eigenvalue weighted by Crippen LogP contribution is -2.41. The van der Waals surface area contributed by atoms with Crippen LogP contribution in [-0.2, 0) is 26.5 Å². The lowest BCUT2D eigenvalue weighted by molar-refractivity contribution is -0.148. The third kappa shape index (κ3) is 3.55. The maximum absolute atomic E-state index is 12.7. The first-order valence-corrected chi connectivity index (χ1v) is 8.37. The molecule has 1 fully saturated rings. The van der Waals surface area contributed by atoms with Crippen LogP contribution in [0.1, 0.15) is 18.1 Å². The molecule has 0 aromatic heterocycles. The number of rotatable bonds is 5. The van der Waals surface area contributed by atoms with Crippen molar-refractivity contribution in [2.24, 2.45) is 0 Å². The molecule has 3 amide bonds. The summed E-state index contributed by atoms with van der Waals surface area (Å²) in [6.45, 7) is 1.17.